The number of likely N-dealkylation sites (tertiary alicyclic amines) is 1. The number of carbonyl (C=O) groups excluding carboxylic acids is 1. The quantitative estimate of drug-likeness (QED) is 0.480. The van der Waals surface area contributed by atoms with Gasteiger partial charge in [0.25, 0.3) is 5.91 Å². The Labute approximate surface area is 194 Å². The maximum Gasteiger partial charge on any atom is 0.274 e. The van der Waals surface area contributed by atoms with Gasteiger partial charge < -0.3 is 4.90 Å². The maximum atomic E-state index is 13.5. The number of aromatic nitrogens is 3. The molecule has 2 fully saturated rings. The Morgan fingerprint density at radius 2 is 1.78 bits per heavy atom. The summed E-state index contributed by atoms with van der Waals surface area (Å²) in [6.07, 6.45) is 14.6. The highest BCUT2D eigenvalue weighted by Crippen LogP contribution is 2.31. The van der Waals surface area contributed by atoms with Crippen molar-refractivity contribution in [2.24, 2.45) is 5.92 Å². The third-order valence-corrected chi connectivity index (χ3v) is 8.00. The van der Waals surface area contributed by atoms with Crippen LogP contribution >= 0.6 is 0 Å². The van der Waals surface area contributed by atoms with Gasteiger partial charge in [0.1, 0.15) is 0 Å². The Morgan fingerprint density at radius 1 is 1.06 bits per heavy atom. The summed E-state index contributed by atoms with van der Waals surface area (Å²) in [5, 5.41) is 4.84. The molecule has 1 saturated heterocycles. The van der Waals surface area contributed by atoms with Crippen molar-refractivity contribution in [1.29, 1.82) is 0 Å². The van der Waals surface area contributed by atoms with Crippen molar-refractivity contribution >= 4 is 11.6 Å². The van der Waals surface area contributed by atoms with Crippen LogP contribution in [0.2, 0.25) is 0 Å². The number of hydrogen-bond acceptors (Lipinski definition) is 3. The molecule has 1 aliphatic carbocycles. The molecule has 0 radical (unpaired) electrons. The van der Waals surface area contributed by atoms with Crippen LogP contribution in [0, 0.1) is 5.92 Å². The van der Waals surface area contributed by atoms with Crippen molar-refractivity contribution < 1.29 is 4.79 Å². The Hall–Kier alpha value is -1.91. The van der Waals surface area contributed by atoms with E-state index < -0.39 is 0 Å². The lowest BCUT2D eigenvalue weighted by Crippen LogP contribution is -2.50. The highest BCUT2D eigenvalue weighted by molar-refractivity contribution is 5.94. The maximum absolute atomic E-state index is 13.5. The van der Waals surface area contributed by atoms with Crippen LogP contribution in [0.1, 0.15) is 126 Å². The number of nitrogens with zero attached hydrogens (tertiary/aromatic N) is 4. The molecular weight excluding hydrogens is 396 g/mol. The van der Waals surface area contributed by atoms with Gasteiger partial charge in [0.15, 0.2) is 11.3 Å². The van der Waals surface area contributed by atoms with E-state index in [9.17, 15) is 4.79 Å². The van der Waals surface area contributed by atoms with E-state index in [0.717, 1.165) is 50.2 Å². The lowest BCUT2D eigenvalue weighted by molar-refractivity contribution is 0.0427. The summed E-state index contributed by atoms with van der Waals surface area (Å²) in [6.45, 7) is 9.67. The van der Waals surface area contributed by atoms with Gasteiger partial charge >= 0.3 is 0 Å². The molecule has 176 valence electrons. The molecule has 5 nitrogen and oxygen atoms in total. The van der Waals surface area contributed by atoms with Gasteiger partial charge in [-0.15, -0.1) is 0 Å². The van der Waals surface area contributed by atoms with Crippen LogP contribution in [0.5, 0.6) is 0 Å². The van der Waals surface area contributed by atoms with Gasteiger partial charge in [-0.25, -0.2) is 9.50 Å². The molecule has 0 N–H and O–H groups in total. The van der Waals surface area contributed by atoms with Gasteiger partial charge in [-0.05, 0) is 64.4 Å². The summed E-state index contributed by atoms with van der Waals surface area (Å²) in [4.78, 5) is 20.5. The molecule has 4 rings (SSSR count). The molecule has 0 bridgehead atoms. The van der Waals surface area contributed by atoms with Crippen LogP contribution in [0.15, 0.2) is 12.1 Å². The molecule has 0 spiro atoms. The monoisotopic (exact) mass is 438 g/mol. The fourth-order valence-electron chi connectivity index (χ4n) is 5.90. The number of carbonyl (C=O) groups is 1. The molecule has 5 heteroatoms. The number of rotatable bonds is 6. The third-order valence-electron chi connectivity index (χ3n) is 8.00. The number of hydrogen-bond donors (Lipinski definition) is 0. The van der Waals surface area contributed by atoms with Gasteiger partial charge in [0.2, 0.25) is 0 Å². The van der Waals surface area contributed by atoms with E-state index in [1.54, 1.807) is 0 Å². The smallest absolute Gasteiger partial charge is 0.274 e. The van der Waals surface area contributed by atoms with Crippen LogP contribution in [-0.2, 0) is 6.42 Å². The first kappa shape index (κ1) is 23.3. The Balaban J connectivity index is 1.69. The van der Waals surface area contributed by atoms with Crippen LogP contribution < -0.4 is 0 Å². The first-order valence-electron chi connectivity index (χ1n) is 13.1. The Bertz CT molecular complexity index is 919. The average Bonchev–Trinajstić information content (AvgIpc) is 3.03. The van der Waals surface area contributed by atoms with Crippen molar-refractivity contribution in [1.82, 2.24) is 19.5 Å². The summed E-state index contributed by atoms with van der Waals surface area (Å²) in [6, 6.07) is 4.23. The molecule has 2 aliphatic rings. The molecule has 0 aromatic carbocycles. The van der Waals surface area contributed by atoms with Crippen molar-refractivity contribution in [2.75, 3.05) is 6.54 Å². The van der Waals surface area contributed by atoms with E-state index in [1.807, 2.05) is 15.5 Å². The second-order valence-corrected chi connectivity index (χ2v) is 10.8. The zero-order valence-electron chi connectivity index (χ0n) is 20.7. The van der Waals surface area contributed by atoms with Gasteiger partial charge in [-0.1, -0.05) is 52.4 Å². The van der Waals surface area contributed by atoms with Crippen molar-refractivity contribution in [3.05, 3.63) is 29.2 Å². The predicted octanol–water partition coefficient (Wildman–Crippen LogP) is 6.55. The SMILES string of the molecule is CCC(CC)c1cc(CC2CCCCCC2)nc2cc(C(=O)N3CCCCC3(C)C)nn12. The van der Waals surface area contributed by atoms with Gasteiger partial charge in [0, 0.05) is 35.5 Å². The second-order valence-electron chi connectivity index (χ2n) is 10.8. The number of piperidine rings is 1. The lowest BCUT2D eigenvalue weighted by atomic mass is 9.90. The fourth-order valence-corrected chi connectivity index (χ4v) is 5.90. The minimum absolute atomic E-state index is 0.0565. The molecule has 0 atom stereocenters. The summed E-state index contributed by atoms with van der Waals surface area (Å²) >= 11 is 0. The first-order chi connectivity index (χ1) is 15.4. The van der Waals surface area contributed by atoms with Crippen LogP contribution in [-0.4, -0.2) is 37.5 Å². The molecule has 2 aromatic heterocycles. The highest BCUT2D eigenvalue weighted by atomic mass is 16.2. The van der Waals surface area contributed by atoms with E-state index in [1.165, 1.54) is 56.3 Å². The van der Waals surface area contributed by atoms with E-state index in [0.29, 0.717) is 11.6 Å². The number of amides is 1. The van der Waals surface area contributed by atoms with E-state index in [2.05, 4.69) is 33.8 Å². The van der Waals surface area contributed by atoms with Gasteiger partial charge in [-0.2, -0.15) is 5.10 Å². The summed E-state index contributed by atoms with van der Waals surface area (Å²) in [5.41, 5.74) is 3.69. The van der Waals surface area contributed by atoms with Crippen molar-refractivity contribution in [3.8, 4) is 0 Å². The van der Waals surface area contributed by atoms with Crippen LogP contribution in [0.4, 0.5) is 0 Å². The summed E-state index contributed by atoms with van der Waals surface area (Å²) in [7, 11) is 0. The molecule has 1 aliphatic heterocycles. The summed E-state index contributed by atoms with van der Waals surface area (Å²) < 4.78 is 1.97. The fraction of sp³-hybridized carbons (Fsp3) is 0.741. The normalized spacial score (nSPS) is 20.1. The lowest BCUT2D eigenvalue weighted by Gasteiger charge is -2.42. The van der Waals surface area contributed by atoms with Gasteiger partial charge in [-0.3, -0.25) is 4.79 Å². The van der Waals surface area contributed by atoms with E-state index >= 15 is 0 Å². The molecular formula is C27H42N4O. The molecule has 3 heterocycles. The minimum Gasteiger partial charge on any atom is -0.332 e. The molecule has 0 unspecified atom stereocenters. The van der Waals surface area contributed by atoms with Crippen molar-refractivity contribution in [3.63, 3.8) is 0 Å². The standard InChI is InChI=1S/C27H42N4O/c1-5-21(6-2)24-18-22(17-20-13-9-7-8-10-14-20)28-25-19-23(29-31(24)25)26(32)30-16-12-11-15-27(30,3)4/h18-21H,5-17H2,1-4H3. The molecule has 2 aromatic rings. The predicted molar refractivity (Wildman–Crippen MR) is 130 cm³/mol. The molecule has 1 saturated carbocycles. The highest BCUT2D eigenvalue weighted by Gasteiger charge is 2.35. The van der Waals surface area contributed by atoms with E-state index in [4.69, 9.17) is 10.1 Å². The van der Waals surface area contributed by atoms with E-state index in [-0.39, 0.29) is 11.4 Å². The Kier molecular flexibility index (Phi) is 7.21. The van der Waals surface area contributed by atoms with Crippen LogP contribution in [0.3, 0.4) is 0 Å². The number of fused-ring (bicyclic) bond motifs is 1. The summed E-state index contributed by atoms with van der Waals surface area (Å²) in [5.74, 6) is 1.23. The van der Waals surface area contributed by atoms with Crippen LogP contribution in [0.25, 0.3) is 5.65 Å². The Morgan fingerprint density at radius 3 is 2.44 bits per heavy atom. The van der Waals surface area contributed by atoms with Crippen molar-refractivity contribution in [2.45, 2.75) is 116 Å². The molecule has 32 heavy (non-hydrogen) atoms. The minimum atomic E-state index is -0.110. The largest absolute Gasteiger partial charge is 0.332 e. The average molecular weight is 439 g/mol. The molecule has 1 amide bonds. The van der Waals surface area contributed by atoms with Gasteiger partial charge in [0.05, 0.1) is 0 Å². The topological polar surface area (TPSA) is 50.5 Å². The second kappa shape index (κ2) is 9.93. The third kappa shape index (κ3) is 4.87. The zero-order chi connectivity index (χ0) is 22.7. The first-order valence-corrected chi connectivity index (χ1v) is 13.1. The zero-order valence-corrected chi connectivity index (χ0v) is 20.7.